The lowest BCUT2D eigenvalue weighted by Crippen LogP contribution is -2.05. The van der Waals surface area contributed by atoms with Crippen LogP contribution in [0, 0.1) is 13.8 Å². The Morgan fingerprint density at radius 1 is 1.33 bits per heavy atom. The SMILES string of the molecule is COc1cccc(C(=O)c2c(N)sc(C)c2C)c1. The van der Waals surface area contributed by atoms with Crippen molar-refractivity contribution in [2.75, 3.05) is 12.8 Å². The van der Waals surface area contributed by atoms with Crippen molar-refractivity contribution in [3.63, 3.8) is 0 Å². The van der Waals surface area contributed by atoms with E-state index in [2.05, 4.69) is 0 Å². The number of nitrogens with two attached hydrogens (primary N) is 1. The zero-order valence-corrected chi connectivity index (χ0v) is 11.4. The minimum absolute atomic E-state index is 0.0479. The number of hydrogen-bond acceptors (Lipinski definition) is 4. The molecule has 1 aromatic heterocycles. The quantitative estimate of drug-likeness (QED) is 0.863. The van der Waals surface area contributed by atoms with Gasteiger partial charge in [-0.25, -0.2) is 0 Å². The van der Waals surface area contributed by atoms with Gasteiger partial charge < -0.3 is 10.5 Å². The third-order valence-electron chi connectivity index (χ3n) is 2.97. The summed E-state index contributed by atoms with van der Waals surface area (Å²) in [7, 11) is 1.58. The van der Waals surface area contributed by atoms with E-state index in [9.17, 15) is 4.79 Å². The Morgan fingerprint density at radius 3 is 2.61 bits per heavy atom. The van der Waals surface area contributed by atoms with E-state index in [0.29, 0.717) is 21.9 Å². The summed E-state index contributed by atoms with van der Waals surface area (Å²) in [5.41, 5.74) is 8.10. The monoisotopic (exact) mass is 261 g/mol. The van der Waals surface area contributed by atoms with Crippen LogP contribution in [-0.2, 0) is 0 Å². The number of ketones is 1. The fraction of sp³-hybridized carbons (Fsp3) is 0.214. The van der Waals surface area contributed by atoms with Crippen molar-refractivity contribution in [2.45, 2.75) is 13.8 Å². The van der Waals surface area contributed by atoms with Crippen LogP contribution in [0.2, 0.25) is 0 Å². The minimum atomic E-state index is -0.0479. The van der Waals surface area contributed by atoms with E-state index in [1.165, 1.54) is 11.3 Å². The fourth-order valence-corrected chi connectivity index (χ4v) is 2.78. The summed E-state index contributed by atoms with van der Waals surface area (Å²) in [6, 6.07) is 7.12. The summed E-state index contributed by atoms with van der Waals surface area (Å²) in [6.07, 6.45) is 0. The minimum Gasteiger partial charge on any atom is -0.497 e. The number of nitrogen functional groups attached to an aromatic ring is 1. The van der Waals surface area contributed by atoms with Crippen LogP contribution in [0.25, 0.3) is 0 Å². The van der Waals surface area contributed by atoms with Gasteiger partial charge >= 0.3 is 0 Å². The molecule has 1 heterocycles. The molecular weight excluding hydrogens is 246 g/mol. The third-order valence-corrected chi connectivity index (χ3v) is 4.01. The Hall–Kier alpha value is -1.81. The maximum Gasteiger partial charge on any atom is 0.196 e. The van der Waals surface area contributed by atoms with Crippen LogP contribution < -0.4 is 10.5 Å². The van der Waals surface area contributed by atoms with Gasteiger partial charge in [-0.05, 0) is 31.5 Å². The Balaban J connectivity index is 2.47. The summed E-state index contributed by atoms with van der Waals surface area (Å²) >= 11 is 1.45. The highest BCUT2D eigenvalue weighted by Crippen LogP contribution is 2.31. The number of methoxy groups -OCH3 is 1. The van der Waals surface area contributed by atoms with E-state index in [1.54, 1.807) is 25.3 Å². The van der Waals surface area contributed by atoms with Gasteiger partial charge in [-0.1, -0.05) is 12.1 Å². The van der Waals surface area contributed by atoms with E-state index in [1.807, 2.05) is 19.9 Å². The predicted octanol–water partition coefficient (Wildman–Crippen LogP) is 3.19. The van der Waals surface area contributed by atoms with Crippen LogP contribution in [0.3, 0.4) is 0 Å². The standard InChI is InChI=1S/C14H15NO2S/c1-8-9(2)18-14(15)12(8)13(16)10-5-4-6-11(7-10)17-3/h4-7H,15H2,1-3H3. The van der Waals surface area contributed by atoms with Crippen molar-refractivity contribution in [1.29, 1.82) is 0 Å². The molecule has 0 saturated carbocycles. The van der Waals surface area contributed by atoms with Gasteiger partial charge in [0.2, 0.25) is 0 Å². The zero-order valence-electron chi connectivity index (χ0n) is 10.6. The first-order chi connectivity index (χ1) is 8.54. The number of thiophene rings is 1. The molecular formula is C14H15NO2S. The fourth-order valence-electron chi connectivity index (χ4n) is 1.84. The number of carbonyl (C=O) groups is 1. The molecule has 2 rings (SSSR count). The number of carbonyl (C=O) groups excluding carboxylic acids is 1. The van der Waals surface area contributed by atoms with Gasteiger partial charge in [0, 0.05) is 10.4 Å². The Bertz CT molecular complexity index is 602. The number of benzene rings is 1. The van der Waals surface area contributed by atoms with Crippen molar-refractivity contribution in [2.24, 2.45) is 0 Å². The molecule has 0 atom stereocenters. The van der Waals surface area contributed by atoms with E-state index >= 15 is 0 Å². The Labute approximate surface area is 110 Å². The second kappa shape index (κ2) is 4.82. The van der Waals surface area contributed by atoms with E-state index in [4.69, 9.17) is 10.5 Å². The molecule has 18 heavy (non-hydrogen) atoms. The van der Waals surface area contributed by atoms with Crippen molar-refractivity contribution < 1.29 is 9.53 Å². The molecule has 0 radical (unpaired) electrons. The second-order valence-electron chi connectivity index (χ2n) is 4.08. The van der Waals surface area contributed by atoms with Gasteiger partial charge in [0.15, 0.2) is 5.78 Å². The molecule has 94 valence electrons. The molecule has 0 aliphatic carbocycles. The average Bonchev–Trinajstić information content (AvgIpc) is 2.62. The van der Waals surface area contributed by atoms with Gasteiger partial charge in [0.1, 0.15) is 5.75 Å². The Kier molecular flexibility index (Phi) is 3.39. The summed E-state index contributed by atoms with van der Waals surface area (Å²) in [4.78, 5) is 13.5. The van der Waals surface area contributed by atoms with Crippen LogP contribution in [0.15, 0.2) is 24.3 Å². The smallest absolute Gasteiger partial charge is 0.196 e. The van der Waals surface area contributed by atoms with Crippen molar-refractivity contribution in [3.8, 4) is 5.75 Å². The molecule has 2 aromatic rings. The lowest BCUT2D eigenvalue weighted by molar-refractivity contribution is 0.103. The molecule has 4 heteroatoms. The first-order valence-corrected chi connectivity index (χ1v) is 6.40. The maximum atomic E-state index is 12.4. The molecule has 0 aliphatic heterocycles. The molecule has 1 aromatic carbocycles. The van der Waals surface area contributed by atoms with Gasteiger partial charge in [-0.3, -0.25) is 4.79 Å². The van der Waals surface area contributed by atoms with Gasteiger partial charge in [0.25, 0.3) is 0 Å². The highest BCUT2D eigenvalue weighted by molar-refractivity contribution is 7.16. The molecule has 2 N–H and O–H groups in total. The van der Waals surface area contributed by atoms with Crippen molar-refractivity contribution in [1.82, 2.24) is 0 Å². The third kappa shape index (κ3) is 2.11. The summed E-state index contributed by atoms with van der Waals surface area (Å²) in [6.45, 7) is 3.90. The molecule has 0 aliphatic rings. The second-order valence-corrected chi connectivity index (χ2v) is 5.34. The Morgan fingerprint density at radius 2 is 2.06 bits per heavy atom. The number of rotatable bonds is 3. The summed E-state index contributed by atoms with van der Waals surface area (Å²) in [5.74, 6) is 0.622. The maximum absolute atomic E-state index is 12.4. The normalized spacial score (nSPS) is 10.4. The summed E-state index contributed by atoms with van der Waals surface area (Å²) in [5, 5.41) is 0.581. The van der Waals surface area contributed by atoms with E-state index < -0.39 is 0 Å². The first-order valence-electron chi connectivity index (χ1n) is 5.58. The topological polar surface area (TPSA) is 52.3 Å². The predicted molar refractivity (Wildman–Crippen MR) is 74.6 cm³/mol. The molecule has 0 spiro atoms. The number of ether oxygens (including phenoxy) is 1. The molecule has 0 fully saturated rings. The molecule has 0 bridgehead atoms. The molecule has 3 nitrogen and oxygen atoms in total. The molecule has 0 saturated heterocycles. The van der Waals surface area contributed by atoms with Gasteiger partial charge in [-0.2, -0.15) is 0 Å². The number of anilines is 1. The van der Waals surface area contributed by atoms with Crippen LogP contribution in [0.4, 0.5) is 5.00 Å². The highest BCUT2D eigenvalue weighted by Gasteiger charge is 2.19. The van der Waals surface area contributed by atoms with Crippen LogP contribution in [0.5, 0.6) is 5.75 Å². The van der Waals surface area contributed by atoms with Gasteiger partial charge in [-0.15, -0.1) is 11.3 Å². The average molecular weight is 261 g/mol. The zero-order chi connectivity index (χ0) is 13.3. The van der Waals surface area contributed by atoms with Crippen LogP contribution in [0.1, 0.15) is 26.4 Å². The summed E-state index contributed by atoms with van der Waals surface area (Å²) < 4.78 is 5.13. The van der Waals surface area contributed by atoms with E-state index in [0.717, 1.165) is 10.4 Å². The molecule has 0 unspecified atom stereocenters. The van der Waals surface area contributed by atoms with Crippen LogP contribution >= 0.6 is 11.3 Å². The lowest BCUT2D eigenvalue weighted by atomic mass is 10.0. The van der Waals surface area contributed by atoms with E-state index in [-0.39, 0.29) is 5.78 Å². The largest absolute Gasteiger partial charge is 0.497 e. The van der Waals surface area contributed by atoms with Crippen LogP contribution in [-0.4, -0.2) is 12.9 Å². The molecule has 0 amide bonds. The lowest BCUT2D eigenvalue weighted by Gasteiger charge is -2.05. The van der Waals surface area contributed by atoms with Crippen molar-refractivity contribution >= 4 is 22.1 Å². The van der Waals surface area contributed by atoms with Gasteiger partial charge in [0.05, 0.1) is 17.7 Å². The number of hydrogen-bond donors (Lipinski definition) is 1. The van der Waals surface area contributed by atoms with Crippen molar-refractivity contribution in [3.05, 3.63) is 45.8 Å². The first kappa shape index (κ1) is 12.6. The highest BCUT2D eigenvalue weighted by atomic mass is 32.1. The number of aryl methyl sites for hydroxylation is 1.